The fourth-order valence-electron chi connectivity index (χ4n) is 2.80. The van der Waals surface area contributed by atoms with Crippen LogP contribution in [0.1, 0.15) is 42.1 Å². The third kappa shape index (κ3) is 2.40. The summed E-state index contributed by atoms with van der Waals surface area (Å²) in [6.45, 7) is 8.63. The standard InChI is InChI=1S/C17H21N3/c1-12(2)14-5-4-13(3)17(8-14)20-7-6-16-15(10-20)9-18-11-19-16/h4-5,8-9,11-12H,6-7,10H2,1-3H3. The smallest absolute Gasteiger partial charge is 0.115 e. The molecule has 0 aliphatic carbocycles. The Morgan fingerprint density at radius 3 is 2.90 bits per heavy atom. The van der Waals surface area contributed by atoms with Crippen LogP contribution in [-0.2, 0) is 13.0 Å². The van der Waals surface area contributed by atoms with E-state index in [0.717, 1.165) is 19.5 Å². The molecule has 0 N–H and O–H groups in total. The van der Waals surface area contributed by atoms with Gasteiger partial charge in [0.15, 0.2) is 0 Å². The Hall–Kier alpha value is -1.90. The van der Waals surface area contributed by atoms with Crippen LogP contribution in [0.15, 0.2) is 30.7 Å². The van der Waals surface area contributed by atoms with Crippen LogP contribution in [0.25, 0.3) is 0 Å². The molecular formula is C17H21N3. The Labute approximate surface area is 120 Å². The number of aryl methyl sites for hydroxylation is 1. The van der Waals surface area contributed by atoms with Gasteiger partial charge in [0.05, 0.1) is 5.69 Å². The molecule has 0 radical (unpaired) electrons. The van der Waals surface area contributed by atoms with Gasteiger partial charge in [-0.1, -0.05) is 26.0 Å². The lowest BCUT2D eigenvalue weighted by molar-refractivity contribution is 0.702. The van der Waals surface area contributed by atoms with Gasteiger partial charge in [-0.3, -0.25) is 0 Å². The molecule has 0 saturated carbocycles. The molecule has 0 bridgehead atoms. The summed E-state index contributed by atoms with van der Waals surface area (Å²) in [4.78, 5) is 11.0. The Morgan fingerprint density at radius 1 is 1.25 bits per heavy atom. The van der Waals surface area contributed by atoms with Crippen LogP contribution < -0.4 is 4.90 Å². The van der Waals surface area contributed by atoms with Gasteiger partial charge in [0.1, 0.15) is 6.33 Å². The largest absolute Gasteiger partial charge is 0.366 e. The van der Waals surface area contributed by atoms with Crippen molar-refractivity contribution in [2.45, 2.75) is 39.7 Å². The minimum atomic E-state index is 0.565. The van der Waals surface area contributed by atoms with E-state index in [4.69, 9.17) is 0 Å². The summed E-state index contributed by atoms with van der Waals surface area (Å²) in [6.07, 6.45) is 4.61. The minimum Gasteiger partial charge on any atom is -0.366 e. The van der Waals surface area contributed by atoms with E-state index in [9.17, 15) is 0 Å². The van der Waals surface area contributed by atoms with Gasteiger partial charge >= 0.3 is 0 Å². The van der Waals surface area contributed by atoms with Crippen molar-refractivity contribution in [1.82, 2.24) is 9.97 Å². The summed E-state index contributed by atoms with van der Waals surface area (Å²) in [7, 11) is 0. The molecule has 0 spiro atoms. The van der Waals surface area contributed by atoms with Gasteiger partial charge in [-0.2, -0.15) is 0 Å². The highest BCUT2D eigenvalue weighted by molar-refractivity contribution is 5.56. The molecule has 3 heteroatoms. The molecule has 0 saturated heterocycles. The van der Waals surface area contributed by atoms with E-state index in [0.29, 0.717) is 5.92 Å². The van der Waals surface area contributed by atoms with Gasteiger partial charge < -0.3 is 4.90 Å². The number of anilines is 1. The Bertz CT molecular complexity index is 619. The van der Waals surface area contributed by atoms with E-state index in [1.165, 1.54) is 28.1 Å². The van der Waals surface area contributed by atoms with Gasteiger partial charge in [0, 0.05) is 37.0 Å². The van der Waals surface area contributed by atoms with Crippen LogP contribution in [0.2, 0.25) is 0 Å². The molecule has 1 aromatic carbocycles. The topological polar surface area (TPSA) is 29.0 Å². The summed E-state index contributed by atoms with van der Waals surface area (Å²) in [5, 5.41) is 0. The highest BCUT2D eigenvalue weighted by Gasteiger charge is 2.19. The molecule has 1 aliphatic rings. The van der Waals surface area contributed by atoms with Crippen molar-refractivity contribution >= 4 is 5.69 Å². The number of hydrogen-bond donors (Lipinski definition) is 0. The Morgan fingerprint density at radius 2 is 2.10 bits per heavy atom. The molecule has 0 unspecified atom stereocenters. The predicted octanol–water partition coefficient (Wildman–Crippen LogP) is 3.47. The first-order valence-electron chi connectivity index (χ1n) is 7.28. The first kappa shape index (κ1) is 13.1. The lowest BCUT2D eigenvalue weighted by Crippen LogP contribution is -2.31. The van der Waals surface area contributed by atoms with Crippen LogP contribution in [-0.4, -0.2) is 16.5 Å². The molecule has 3 rings (SSSR count). The average Bonchev–Trinajstić information content (AvgIpc) is 2.47. The van der Waals surface area contributed by atoms with Crippen molar-refractivity contribution in [2.24, 2.45) is 0 Å². The second-order valence-electron chi connectivity index (χ2n) is 5.87. The number of aromatic nitrogens is 2. The van der Waals surface area contributed by atoms with Crippen molar-refractivity contribution in [2.75, 3.05) is 11.4 Å². The van der Waals surface area contributed by atoms with Crippen molar-refractivity contribution in [3.05, 3.63) is 53.1 Å². The first-order valence-corrected chi connectivity index (χ1v) is 7.28. The fraction of sp³-hybridized carbons (Fsp3) is 0.412. The Balaban J connectivity index is 1.93. The van der Waals surface area contributed by atoms with Crippen molar-refractivity contribution in [1.29, 1.82) is 0 Å². The molecule has 20 heavy (non-hydrogen) atoms. The fourth-order valence-corrected chi connectivity index (χ4v) is 2.80. The van der Waals surface area contributed by atoms with Crippen molar-refractivity contribution in [3.8, 4) is 0 Å². The van der Waals surface area contributed by atoms with E-state index >= 15 is 0 Å². The summed E-state index contributed by atoms with van der Waals surface area (Å²) in [5.74, 6) is 0.565. The first-order chi connectivity index (χ1) is 9.65. The highest BCUT2D eigenvalue weighted by atomic mass is 15.1. The monoisotopic (exact) mass is 267 g/mol. The maximum Gasteiger partial charge on any atom is 0.115 e. The lowest BCUT2D eigenvalue weighted by Gasteiger charge is -2.31. The van der Waals surface area contributed by atoms with Crippen LogP contribution in [0.5, 0.6) is 0 Å². The van der Waals surface area contributed by atoms with E-state index in [1.807, 2.05) is 6.20 Å². The van der Waals surface area contributed by atoms with Crippen LogP contribution >= 0.6 is 0 Å². The van der Waals surface area contributed by atoms with Gasteiger partial charge in [-0.15, -0.1) is 0 Å². The number of rotatable bonds is 2. The zero-order valence-electron chi connectivity index (χ0n) is 12.4. The molecule has 1 aliphatic heterocycles. The maximum absolute atomic E-state index is 4.38. The lowest BCUT2D eigenvalue weighted by atomic mass is 9.98. The van der Waals surface area contributed by atoms with Gasteiger partial charge in [0.25, 0.3) is 0 Å². The molecule has 3 nitrogen and oxygen atoms in total. The van der Waals surface area contributed by atoms with Crippen molar-refractivity contribution < 1.29 is 0 Å². The molecule has 2 heterocycles. The number of fused-ring (bicyclic) bond motifs is 1. The van der Waals surface area contributed by atoms with Gasteiger partial charge in [0.2, 0.25) is 0 Å². The third-order valence-electron chi connectivity index (χ3n) is 4.10. The predicted molar refractivity (Wildman–Crippen MR) is 82.1 cm³/mol. The van der Waals surface area contributed by atoms with E-state index < -0.39 is 0 Å². The quantitative estimate of drug-likeness (QED) is 0.834. The van der Waals surface area contributed by atoms with E-state index in [1.54, 1.807) is 6.33 Å². The van der Waals surface area contributed by atoms with Gasteiger partial charge in [-0.25, -0.2) is 9.97 Å². The molecular weight excluding hydrogens is 246 g/mol. The SMILES string of the molecule is Cc1ccc(C(C)C)cc1N1CCc2ncncc2C1. The minimum absolute atomic E-state index is 0.565. The van der Waals surface area contributed by atoms with Crippen molar-refractivity contribution in [3.63, 3.8) is 0 Å². The Kier molecular flexibility index (Phi) is 3.43. The van der Waals surface area contributed by atoms with Crippen LogP contribution in [0.4, 0.5) is 5.69 Å². The van der Waals surface area contributed by atoms with E-state index in [2.05, 4.69) is 53.8 Å². The van der Waals surface area contributed by atoms with Gasteiger partial charge in [-0.05, 0) is 30.0 Å². The molecule has 0 fully saturated rings. The maximum atomic E-state index is 4.38. The molecule has 2 aromatic rings. The zero-order valence-corrected chi connectivity index (χ0v) is 12.4. The highest BCUT2D eigenvalue weighted by Crippen LogP contribution is 2.29. The second-order valence-corrected chi connectivity index (χ2v) is 5.87. The normalized spacial score (nSPS) is 14.5. The molecule has 1 aromatic heterocycles. The average molecular weight is 267 g/mol. The zero-order chi connectivity index (χ0) is 14.1. The summed E-state index contributed by atoms with van der Waals surface area (Å²) < 4.78 is 0. The second kappa shape index (κ2) is 5.23. The molecule has 0 atom stereocenters. The number of benzene rings is 1. The summed E-state index contributed by atoms with van der Waals surface area (Å²) in [5.41, 5.74) is 6.56. The molecule has 104 valence electrons. The molecule has 0 amide bonds. The van der Waals surface area contributed by atoms with Crippen LogP contribution in [0, 0.1) is 6.92 Å². The summed E-state index contributed by atoms with van der Waals surface area (Å²) >= 11 is 0. The number of nitrogens with zero attached hydrogens (tertiary/aromatic N) is 3. The van der Waals surface area contributed by atoms with Crippen LogP contribution in [0.3, 0.4) is 0 Å². The number of hydrogen-bond acceptors (Lipinski definition) is 3. The van der Waals surface area contributed by atoms with E-state index in [-0.39, 0.29) is 0 Å². The third-order valence-corrected chi connectivity index (χ3v) is 4.10. The summed E-state index contributed by atoms with van der Waals surface area (Å²) in [6, 6.07) is 6.82.